The minimum absolute atomic E-state index is 0.323. The molecule has 0 saturated carbocycles. The van der Waals surface area contributed by atoms with Crippen LogP contribution in [0.5, 0.6) is 0 Å². The minimum atomic E-state index is -0.714. The molecule has 0 bridgehead atoms. The van der Waals surface area contributed by atoms with E-state index in [-0.39, 0.29) is 0 Å². The molecule has 176 valence electrons. The van der Waals surface area contributed by atoms with Crippen molar-refractivity contribution in [3.05, 3.63) is 102 Å². The second-order valence-electron chi connectivity index (χ2n) is 7.90. The van der Waals surface area contributed by atoms with E-state index < -0.39 is 24.4 Å². The highest BCUT2D eigenvalue weighted by Crippen LogP contribution is 2.25. The van der Waals surface area contributed by atoms with Gasteiger partial charge in [0.1, 0.15) is 5.69 Å². The third kappa shape index (κ3) is 5.80. The van der Waals surface area contributed by atoms with Gasteiger partial charge in [0.05, 0.1) is 11.4 Å². The molecular formula is C27H24N4O4. The molecule has 0 radical (unpaired) electrons. The zero-order chi connectivity index (χ0) is 24.8. The number of hydrogen-bond donors (Lipinski definition) is 1. The van der Waals surface area contributed by atoms with Crippen LogP contribution < -0.4 is 5.32 Å². The Kier molecular flexibility index (Phi) is 7.02. The zero-order valence-electron chi connectivity index (χ0n) is 19.3. The second kappa shape index (κ2) is 10.5. The quantitative estimate of drug-likeness (QED) is 0.330. The van der Waals surface area contributed by atoms with E-state index in [1.54, 1.807) is 40.7 Å². The number of esters is 1. The van der Waals surface area contributed by atoms with Gasteiger partial charge in [-0.1, -0.05) is 48.0 Å². The Morgan fingerprint density at radius 1 is 1.00 bits per heavy atom. The summed E-state index contributed by atoms with van der Waals surface area (Å²) in [5.41, 5.74) is 4.63. The third-order valence-corrected chi connectivity index (χ3v) is 5.26. The van der Waals surface area contributed by atoms with Gasteiger partial charge in [0.2, 0.25) is 0 Å². The number of ether oxygens (including phenoxy) is 1. The van der Waals surface area contributed by atoms with Crippen LogP contribution in [0.2, 0.25) is 0 Å². The number of nitrogens with one attached hydrogen (secondary N) is 1. The van der Waals surface area contributed by atoms with E-state index in [0.29, 0.717) is 17.0 Å². The molecule has 0 aliphatic carbocycles. The second-order valence-corrected chi connectivity index (χ2v) is 7.90. The molecule has 2 heterocycles. The number of benzene rings is 2. The fraction of sp³-hybridized carbons (Fsp3) is 0.111. The Bertz CT molecular complexity index is 1380. The van der Waals surface area contributed by atoms with Crippen LogP contribution in [0.25, 0.3) is 23.0 Å². The summed E-state index contributed by atoms with van der Waals surface area (Å²) in [6.07, 6.45) is 6.34. The summed E-state index contributed by atoms with van der Waals surface area (Å²) in [5, 5.41) is 6.90. The SMILES string of the molecule is Cc1ccc(-c2nn(-c3ccccc3)cc2/C=C/C(=O)OCC(=O)NC(=O)c2cccn2C)cc1. The highest BCUT2D eigenvalue weighted by atomic mass is 16.5. The van der Waals surface area contributed by atoms with Crippen molar-refractivity contribution in [1.82, 2.24) is 19.7 Å². The van der Waals surface area contributed by atoms with Gasteiger partial charge in [0, 0.05) is 36.6 Å². The largest absolute Gasteiger partial charge is 0.452 e. The van der Waals surface area contributed by atoms with Gasteiger partial charge in [0.15, 0.2) is 6.61 Å². The molecule has 0 spiro atoms. The lowest BCUT2D eigenvalue weighted by Gasteiger charge is -2.05. The van der Waals surface area contributed by atoms with E-state index >= 15 is 0 Å². The van der Waals surface area contributed by atoms with E-state index in [1.807, 2.05) is 67.7 Å². The molecule has 0 aliphatic rings. The third-order valence-electron chi connectivity index (χ3n) is 5.26. The van der Waals surface area contributed by atoms with Crippen LogP contribution in [-0.2, 0) is 21.4 Å². The molecule has 0 aliphatic heterocycles. The Balaban J connectivity index is 1.45. The lowest BCUT2D eigenvalue weighted by atomic mass is 10.1. The average molecular weight is 469 g/mol. The molecule has 0 atom stereocenters. The van der Waals surface area contributed by atoms with Gasteiger partial charge in [-0.25, -0.2) is 9.48 Å². The highest BCUT2D eigenvalue weighted by molar-refractivity contribution is 6.04. The van der Waals surface area contributed by atoms with Crippen molar-refractivity contribution in [2.24, 2.45) is 7.05 Å². The Morgan fingerprint density at radius 2 is 1.74 bits per heavy atom. The van der Waals surface area contributed by atoms with Gasteiger partial charge in [-0.05, 0) is 37.3 Å². The summed E-state index contributed by atoms with van der Waals surface area (Å²) in [6, 6.07) is 20.8. The fourth-order valence-corrected chi connectivity index (χ4v) is 3.42. The maximum atomic E-state index is 12.3. The van der Waals surface area contributed by atoms with E-state index in [4.69, 9.17) is 9.84 Å². The van der Waals surface area contributed by atoms with E-state index in [1.165, 1.54) is 6.08 Å². The first-order valence-electron chi connectivity index (χ1n) is 10.9. The van der Waals surface area contributed by atoms with Crippen LogP contribution in [0, 0.1) is 6.92 Å². The normalized spacial score (nSPS) is 10.9. The minimum Gasteiger partial charge on any atom is -0.452 e. The number of amides is 2. The Hall–Kier alpha value is -4.72. The summed E-state index contributed by atoms with van der Waals surface area (Å²) in [6.45, 7) is 1.43. The van der Waals surface area contributed by atoms with Crippen LogP contribution in [0.15, 0.2) is 85.2 Å². The van der Waals surface area contributed by atoms with Gasteiger partial charge in [-0.3, -0.25) is 14.9 Å². The first-order chi connectivity index (χ1) is 16.9. The van der Waals surface area contributed by atoms with Crippen molar-refractivity contribution in [3.63, 3.8) is 0 Å². The Morgan fingerprint density at radius 3 is 2.43 bits per heavy atom. The highest BCUT2D eigenvalue weighted by Gasteiger charge is 2.14. The maximum Gasteiger partial charge on any atom is 0.331 e. The molecule has 8 nitrogen and oxygen atoms in total. The van der Waals surface area contributed by atoms with Crippen molar-refractivity contribution in [1.29, 1.82) is 0 Å². The van der Waals surface area contributed by atoms with Crippen LogP contribution in [0.1, 0.15) is 21.6 Å². The van der Waals surface area contributed by atoms with Gasteiger partial charge >= 0.3 is 5.97 Å². The Labute approximate surface area is 202 Å². The van der Waals surface area contributed by atoms with Crippen molar-refractivity contribution >= 4 is 23.9 Å². The number of rotatable bonds is 7. The average Bonchev–Trinajstić information content (AvgIpc) is 3.49. The van der Waals surface area contributed by atoms with Gasteiger partial charge < -0.3 is 9.30 Å². The summed E-state index contributed by atoms with van der Waals surface area (Å²) in [5.74, 6) is -1.99. The van der Waals surface area contributed by atoms with Gasteiger partial charge in [-0.2, -0.15) is 5.10 Å². The van der Waals surface area contributed by atoms with Crippen molar-refractivity contribution in [2.45, 2.75) is 6.92 Å². The van der Waals surface area contributed by atoms with Crippen LogP contribution in [0.4, 0.5) is 0 Å². The number of hydrogen-bond acceptors (Lipinski definition) is 5. The molecule has 4 aromatic rings. The zero-order valence-corrected chi connectivity index (χ0v) is 19.3. The molecule has 8 heteroatoms. The molecule has 2 amide bonds. The van der Waals surface area contributed by atoms with E-state index in [0.717, 1.165) is 16.8 Å². The molecule has 2 aromatic carbocycles. The van der Waals surface area contributed by atoms with Crippen molar-refractivity contribution in [3.8, 4) is 16.9 Å². The smallest absolute Gasteiger partial charge is 0.331 e. The summed E-state index contributed by atoms with van der Waals surface area (Å²) in [4.78, 5) is 36.4. The summed E-state index contributed by atoms with van der Waals surface area (Å²) < 4.78 is 8.32. The molecule has 35 heavy (non-hydrogen) atoms. The number of aromatic nitrogens is 3. The molecule has 0 fully saturated rings. The van der Waals surface area contributed by atoms with Gasteiger partial charge in [-0.15, -0.1) is 0 Å². The number of carbonyl (C=O) groups is 3. The monoisotopic (exact) mass is 468 g/mol. The number of para-hydroxylation sites is 1. The van der Waals surface area contributed by atoms with Crippen molar-refractivity contribution < 1.29 is 19.1 Å². The topological polar surface area (TPSA) is 95.2 Å². The first kappa shape index (κ1) is 23.4. The maximum absolute atomic E-state index is 12.3. The number of imide groups is 1. The predicted octanol–water partition coefficient (Wildman–Crippen LogP) is 3.70. The van der Waals surface area contributed by atoms with E-state index in [2.05, 4.69) is 5.32 Å². The van der Waals surface area contributed by atoms with Crippen LogP contribution in [-0.4, -0.2) is 38.7 Å². The summed E-state index contributed by atoms with van der Waals surface area (Å²) in [7, 11) is 1.69. The molecule has 0 unspecified atom stereocenters. The lowest BCUT2D eigenvalue weighted by molar-refractivity contribution is -0.143. The molecule has 4 rings (SSSR count). The van der Waals surface area contributed by atoms with Crippen LogP contribution >= 0.6 is 0 Å². The lowest BCUT2D eigenvalue weighted by Crippen LogP contribution is -2.34. The summed E-state index contributed by atoms with van der Waals surface area (Å²) >= 11 is 0. The molecule has 2 aromatic heterocycles. The number of aryl methyl sites for hydroxylation is 2. The molecular weight excluding hydrogens is 444 g/mol. The number of nitrogens with zero attached hydrogens (tertiary/aromatic N) is 3. The van der Waals surface area contributed by atoms with E-state index in [9.17, 15) is 14.4 Å². The van der Waals surface area contributed by atoms with Crippen molar-refractivity contribution in [2.75, 3.05) is 6.61 Å². The first-order valence-corrected chi connectivity index (χ1v) is 10.9. The standard InChI is InChI=1S/C27H24N4O4/c1-19-10-12-20(13-11-19)26-21(17-31(29-26)22-7-4-3-5-8-22)14-15-25(33)35-18-24(32)28-27(34)23-9-6-16-30(23)2/h3-17H,18H2,1-2H3,(H,28,32,34)/b15-14+. The van der Waals surface area contributed by atoms with Crippen LogP contribution in [0.3, 0.4) is 0 Å². The van der Waals surface area contributed by atoms with Gasteiger partial charge in [0.25, 0.3) is 11.8 Å². The molecule has 1 N–H and O–H groups in total. The number of carbonyl (C=O) groups excluding carboxylic acids is 3. The molecule has 0 saturated heterocycles. The fourth-order valence-electron chi connectivity index (χ4n) is 3.42. The predicted molar refractivity (Wildman–Crippen MR) is 132 cm³/mol.